The quantitative estimate of drug-likeness (QED) is 0.822. The Labute approximate surface area is 107 Å². The molecule has 0 radical (unpaired) electrons. The summed E-state index contributed by atoms with van der Waals surface area (Å²) >= 11 is 5.83. The number of carbonyl (C=O) groups excluding carboxylic acids is 1. The Kier molecular flexibility index (Phi) is 5.45. The molecule has 3 nitrogen and oxygen atoms in total. The lowest BCUT2D eigenvalue weighted by molar-refractivity contribution is -0.143. The summed E-state index contributed by atoms with van der Waals surface area (Å²) in [6.07, 6.45) is 0.699. The van der Waals surface area contributed by atoms with Gasteiger partial charge in [0.15, 0.2) is 0 Å². The molecular weight excluding hydrogens is 238 g/mol. The number of benzene rings is 1. The van der Waals surface area contributed by atoms with Gasteiger partial charge in [0, 0.05) is 11.1 Å². The highest BCUT2D eigenvalue weighted by Gasteiger charge is 2.19. The van der Waals surface area contributed by atoms with Crippen LogP contribution >= 0.6 is 11.6 Å². The maximum Gasteiger partial charge on any atom is 0.322 e. The van der Waals surface area contributed by atoms with Crippen molar-refractivity contribution in [2.24, 2.45) is 0 Å². The summed E-state index contributed by atoms with van der Waals surface area (Å²) in [7, 11) is 1.40. The molecule has 0 bridgehead atoms. The maximum atomic E-state index is 11.5. The number of rotatable bonds is 5. The van der Waals surface area contributed by atoms with E-state index in [0.29, 0.717) is 11.4 Å². The molecule has 1 unspecified atom stereocenters. The minimum atomic E-state index is -0.273. The molecule has 0 aliphatic carbocycles. The number of ether oxygens (including phenoxy) is 1. The number of methoxy groups -OCH3 is 1. The van der Waals surface area contributed by atoms with Gasteiger partial charge in [0.2, 0.25) is 0 Å². The van der Waals surface area contributed by atoms with Crippen LogP contribution in [0.5, 0.6) is 0 Å². The Morgan fingerprint density at radius 1 is 1.41 bits per heavy atom. The van der Waals surface area contributed by atoms with Crippen LogP contribution in [0.25, 0.3) is 0 Å². The maximum absolute atomic E-state index is 11.5. The second kappa shape index (κ2) is 6.62. The van der Waals surface area contributed by atoms with Crippen molar-refractivity contribution in [2.75, 3.05) is 7.11 Å². The van der Waals surface area contributed by atoms with Gasteiger partial charge >= 0.3 is 5.97 Å². The second-order valence-corrected chi connectivity index (χ2v) is 4.36. The molecule has 0 heterocycles. The predicted molar refractivity (Wildman–Crippen MR) is 69.1 cm³/mol. The first kappa shape index (κ1) is 14.0. The summed E-state index contributed by atoms with van der Waals surface area (Å²) in [6, 6.07) is 7.39. The molecular formula is C13H18ClNO2. The van der Waals surface area contributed by atoms with Gasteiger partial charge in [-0.05, 0) is 31.0 Å². The van der Waals surface area contributed by atoms with Crippen molar-refractivity contribution in [1.29, 1.82) is 0 Å². The molecule has 1 rings (SSSR count). The van der Waals surface area contributed by atoms with Crippen LogP contribution < -0.4 is 5.32 Å². The Hall–Kier alpha value is -1.06. The molecule has 0 spiro atoms. The third-order valence-corrected chi connectivity index (χ3v) is 2.97. The van der Waals surface area contributed by atoms with Gasteiger partial charge in [-0.1, -0.05) is 30.7 Å². The monoisotopic (exact) mass is 255 g/mol. The lowest BCUT2D eigenvalue weighted by Gasteiger charge is -2.20. The van der Waals surface area contributed by atoms with Crippen LogP contribution in [0.15, 0.2) is 24.3 Å². The number of hydrogen-bond acceptors (Lipinski definition) is 3. The van der Waals surface area contributed by atoms with E-state index in [-0.39, 0.29) is 18.1 Å². The summed E-state index contributed by atoms with van der Waals surface area (Å²) in [4.78, 5) is 11.5. The van der Waals surface area contributed by atoms with E-state index in [1.165, 1.54) is 7.11 Å². The molecule has 2 atom stereocenters. The zero-order chi connectivity index (χ0) is 12.8. The zero-order valence-electron chi connectivity index (χ0n) is 10.4. The molecule has 94 valence electrons. The lowest BCUT2D eigenvalue weighted by Crippen LogP contribution is -2.38. The average molecular weight is 256 g/mol. The molecule has 0 aromatic heterocycles. The molecule has 0 saturated carbocycles. The fourth-order valence-electron chi connectivity index (χ4n) is 1.64. The smallest absolute Gasteiger partial charge is 0.322 e. The zero-order valence-corrected chi connectivity index (χ0v) is 11.1. The largest absolute Gasteiger partial charge is 0.468 e. The van der Waals surface area contributed by atoms with Crippen LogP contribution in [0, 0.1) is 0 Å². The van der Waals surface area contributed by atoms with E-state index in [0.717, 1.165) is 5.56 Å². The molecule has 0 aliphatic rings. The molecule has 0 fully saturated rings. The van der Waals surface area contributed by atoms with Gasteiger partial charge in [0.25, 0.3) is 0 Å². The molecule has 1 aromatic carbocycles. The van der Waals surface area contributed by atoms with Gasteiger partial charge in [-0.25, -0.2) is 0 Å². The highest BCUT2D eigenvalue weighted by atomic mass is 35.5. The van der Waals surface area contributed by atoms with Gasteiger partial charge in [0.1, 0.15) is 6.04 Å². The highest BCUT2D eigenvalue weighted by molar-refractivity contribution is 6.30. The van der Waals surface area contributed by atoms with E-state index >= 15 is 0 Å². The number of halogens is 1. The van der Waals surface area contributed by atoms with Crippen LogP contribution in [0.2, 0.25) is 5.02 Å². The first-order valence-corrected chi connectivity index (χ1v) is 6.05. The third kappa shape index (κ3) is 4.02. The fraction of sp³-hybridized carbons (Fsp3) is 0.462. The van der Waals surface area contributed by atoms with Crippen molar-refractivity contribution in [3.8, 4) is 0 Å². The van der Waals surface area contributed by atoms with E-state index in [2.05, 4.69) is 5.32 Å². The Morgan fingerprint density at radius 2 is 2.00 bits per heavy atom. The minimum Gasteiger partial charge on any atom is -0.468 e. The number of carbonyl (C=O) groups is 1. The third-order valence-electron chi connectivity index (χ3n) is 2.72. The van der Waals surface area contributed by atoms with Crippen molar-refractivity contribution in [2.45, 2.75) is 32.4 Å². The number of hydrogen-bond donors (Lipinski definition) is 1. The SMILES string of the molecule is CCC(N[C@@H](C)c1ccc(Cl)cc1)C(=O)OC. The first-order chi connectivity index (χ1) is 8.08. The molecule has 0 amide bonds. The van der Waals surface area contributed by atoms with Gasteiger partial charge in [-0.3, -0.25) is 10.1 Å². The van der Waals surface area contributed by atoms with E-state index in [1.807, 2.05) is 38.1 Å². The Morgan fingerprint density at radius 3 is 2.47 bits per heavy atom. The van der Waals surface area contributed by atoms with E-state index in [1.54, 1.807) is 0 Å². The predicted octanol–water partition coefficient (Wildman–Crippen LogP) is 2.94. The van der Waals surface area contributed by atoms with Crippen molar-refractivity contribution in [3.05, 3.63) is 34.9 Å². The van der Waals surface area contributed by atoms with E-state index < -0.39 is 0 Å². The van der Waals surface area contributed by atoms with Gasteiger partial charge in [-0.15, -0.1) is 0 Å². The first-order valence-electron chi connectivity index (χ1n) is 5.67. The summed E-state index contributed by atoms with van der Waals surface area (Å²) < 4.78 is 4.74. The van der Waals surface area contributed by atoms with Gasteiger partial charge < -0.3 is 4.74 Å². The molecule has 4 heteroatoms. The van der Waals surface area contributed by atoms with Gasteiger partial charge in [0.05, 0.1) is 7.11 Å². The van der Waals surface area contributed by atoms with Crippen LogP contribution in [0.4, 0.5) is 0 Å². The Bertz CT molecular complexity index is 364. The summed E-state index contributed by atoms with van der Waals surface area (Å²) in [5.41, 5.74) is 1.09. The summed E-state index contributed by atoms with van der Waals surface area (Å²) in [5, 5.41) is 3.94. The van der Waals surface area contributed by atoms with Crippen molar-refractivity contribution >= 4 is 17.6 Å². The lowest BCUT2D eigenvalue weighted by atomic mass is 10.1. The minimum absolute atomic E-state index is 0.0799. The number of nitrogens with one attached hydrogen (secondary N) is 1. The van der Waals surface area contributed by atoms with Crippen molar-refractivity contribution < 1.29 is 9.53 Å². The highest BCUT2D eigenvalue weighted by Crippen LogP contribution is 2.17. The standard InChI is InChI=1S/C13H18ClNO2/c1-4-12(13(16)17-3)15-9(2)10-5-7-11(14)8-6-10/h5-9,12,15H,4H2,1-3H3/t9-,12?/m0/s1. The molecule has 1 aromatic rings. The van der Waals surface area contributed by atoms with Crippen LogP contribution in [0.1, 0.15) is 31.9 Å². The molecule has 1 N–H and O–H groups in total. The molecule has 0 aliphatic heterocycles. The van der Waals surface area contributed by atoms with Crippen LogP contribution in [-0.4, -0.2) is 19.1 Å². The Balaban J connectivity index is 2.67. The van der Waals surface area contributed by atoms with Crippen LogP contribution in [0.3, 0.4) is 0 Å². The van der Waals surface area contributed by atoms with E-state index in [9.17, 15) is 4.79 Å². The normalized spacial score (nSPS) is 14.1. The molecule has 0 saturated heterocycles. The summed E-state index contributed by atoms with van der Waals surface area (Å²) in [6.45, 7) is 3.96. The fourth-order valence-corrected chi connectivity index (χ4v) is 1.77. The molecule has 17 heavy (non-hydrogen) atoms. The van der Waals surface area contributed by atoms with Crippen molar-refractivity contribution in [3.63, 3.8) is 0 Å². The van der Waals surface area contributed by atoms with Gasteiger partial charge in [-0.2, -0.15) is 0 Å². The van der Waals surface area contributed by atoms with Crippen molar-refractivity contribution in [1.82, 2.24) is 5.32 Å². The van der Waals surface area contributed by atoms with E-state index in [4.69, 9.17) is 16.3 Å². The summed E-state index contributed by atoms with van der Waals surface area (Å²) in [5.74, 6) is -0.228. The van der Waals surface area contributed by atoms with Crippen LogP contribution in [-0.2, 0) is 9.53 Å². The number of esters is 1. The topological polar surface area (TPSA) is 38.3 Å². The second-order valence-electron chi connectivity index (χ2n) is 3.92. The average Bonchev–Trinajstić information content (AvgIpc) is 2.35.